The second-order valence-corrected chi connectivity index (χ2v) is 12.2. The first-order valence-corrected chi connectivity index (χ1v) is 16.1. The van der Waals surface area contributed by atoms with Gasteiger partial charge in [0.1, 0.15) is 5.82 Å². The van der Waals surface area contributed by atoms with Crippen molar-refractivity contribution in [3.63, 3.8) is 0 Å². The highest BCUT2D eigenvalue weighted by molar-refractivity contribution is 9.10. The normalized spacial score (nSPS) is 17.2. The van der Waals surface area contributed by atoms with Gasteiger partial charge in [-0.3, -0.25) is 0 Å². The second-order valence-electron chi connectivity index (χ2n) is 11.3. The van der Waals surface area contributed by atoms with Crippen molar-refractivity contribution in [1.29, 1.82) is 0 Å². The van der Waals surface area contributed by atoms with Crippen molar-refractivity contribution in [3.8, 4) is 0 Å². The van der Waals surface area contributed by atoms with Crippen LogP contribution in [-0.4, -0.2) is 139 Å². The van der Waals surface area contributed by atoms with Gasteiger partial charge in [0.25, 0.3) is 0 Å². The highest BCUT2D eigenvalue weighted by Crippen LogP contribution is 2.18. The van der Waals surface area contributed by atoms with Crippen molar-refractivity contribution in [2.24, 2.45) is 0 Å². The summed E-state index contributed by atoms with van der Waals surface area (Å²) in [5.41, 5.74) is 7.67. The molecule has 3 aliphatic heterocycles. The van der Waals surface area contributed by atoms with Gasteiger partial charge in [-0.15, -0.1) is 0 Å². The zero-order chi connectivity index (χ0) is 34.2. The van der Waals surface area contributed by atoms with Gasteiger partial charge in [-0.2, -0.15) is 0 Å². The van der Waals surface area contributed by atoms with Crippen molar-refractivity contribution < 1.29 is 9.85 Å². The van der Waals surface area contributed by atoms with Crippen LogP contribution < -0.4 is 20.9 Å². The van der Waals surface area contributed by atoms with E-state index in [4.69, 9.17) is 5.73 Å². The summed E-state index contributed by atoms with van der Waals surface area (Å²) in [4.78, 5) is 42.4. The molecule has 47 heavy (non-hydrogen) atoms. The molecule has 3 aromatic rings. The average molecular weight is 718 g/mol. The number of nitrogens with two attached hydrogens (primary N) is 1. The van der Waals surface area contributed by atoms with E-state index in [0.29, 0.717) is 5.82 Å². The summed E-state index contributed by atoms with van der Waals surface area (Å²) in [5.74, 6) is 0.351. The number of hydrogen-bond donors (Lipinski definition) is 2. The number of rotatable bonds is 4. The third-order valence-electron chi connectivity index (χ3n) is 7.67. The van der Waals surface area contributed by atoms with Gasteiger partial charge in [0.05, 0.1) is 22.0 Å². The molecule has 0 atom stereocenters. The Balaban J connectivity index is 0.000000177. The molecule has 3 saturated heterocycles. The van der Waals surface area contributed by atoms with Crippen LogP contribution in [0.4, 0.5) is 28.8 Å². The number of aromatic nitrogens is 3. The number of piperazine rings is 3. The summed E-state index contributed by atoms with van der Waals surface area (Å²) in [6.45, 7) is 13.0. The van der Waals surface area contributed by atoms with Gasteiger partial charge < -0.3 is 55.8 Å². The molecule has 0 saturated carbocycles. The quantitative estimate of drug-likeness (QED) is 0.297. The molecule has 0 amide bonds. The number of nitrogens with zero attached hydrogens (tertiary/aromatic N) is 10. The molecule has 3 N–H and O–H groups in total. The zero-order valence-electron chi connectivity index (χ0n) is 27.2. The Morgan fingerprint density at radius 2 is 1.06 bits per heavy atom. The molecule has 6 rings (SSSR count). The minimum atomic E-state index is -0.535. The smallest absolute Gasteiger partial charge is 0.363 e. The maximum atomic E-state index is 10.5. The standard InChI is InChI=1S/C10H14N4O2.C10H16N4.C5H3BrN2O2.C5H12N2/c1-12-4-6-13(7-5-12)9-2-3-10(11-8-9)14(15)16;1-13-4-6-14(7-5-13)9-2-3-10(11)12-8-9;6-4-1-2-5(7-3-4)8(9)10;1-7-4-2-6-3-5-7/h2-3,8H,4-7H2,1H3;2-3,8H,4-7H2,1H3,(H2,11,12);1-3H;6H,2-5H2,1H3. The molecule has 0 spiro atoms. The highest BCUT2D eigenvalue weighted by atomic mass is 79.9. The third kappa shape index (κ3) is 13.7. The van der Waals surface area contributed by atoms with Gasteiger partial charge in [-0.1, -0.05) is 0 Å². The third-order valence-corrected chi connectivity index (χ3v) is 8.14. The van der Waals surface area contributed by atoms with Crippen LogP contribution in [0.15, 0.2) is 59.5 Å². The molecule has 256 valence electrons. The van der Waals surface area contributed by atoms with E-state index in [1.165, 1.54) is 37.1 Å². The molecule has 0 radical (unpaired) electrons. The van der Waals surface area contributed by atoms with Gasteiger partial charge in [0.2, 0.25) is 0 Å². The molecule has 0 aromatic carbocycles. The molecule has 17 heteroatoms. The van der Waals surface area contributed by atoms with Crippen LogP contribution in [-0.2, 0) is 0 Å². The Kier molecular flexibility index (Phi) is 15.6. The predicted molar refractivity (Wildman–Crippen MR) is 188 cm³/mol. The van der Waals surface area contributed by atoms with Crippen molar-refractivity contribution >= 4 is 44.8 Å². The van der Waals surface area contributed by atoms with E-state index < -0.39 is 9.85 Å². The Bertz CT molecular complexity index is 1350. The summed E-state index contributed by atoms with van der Waals surface area (Å²) >= 11 is 3.11. The molecule has 16 nitrogen and oxygen atoms in total. The molecule has 3 fully saturated rings. The molecule has 3 aliphatic rings. The van der Waals surface area contributed by atoms with Gasteiger partial charge in [0.15, 0.2) is 12.4 Å². The molecule has 0 bridgehead atoms. The average Bonchev–Trinajstić information content (AvgIpc) is 3.07. The maximum absolute atomic E-state index is 10.5. The number of likely N-dealkylation sites (N-methyl/N-ethyl adjacent to an activating group) is 3. The lowest BCUT2D eigenvalue weighted by atomic mass is 10.3. The minimum absolute atomic E-state index is 0.0992. The fourth-order valence-electron chi connectivity index (χ4n) is 4.64. The van der Waals surface area contributed by atoms with Crippen LogP contribution in [0.1, 0.15) is 0 Å². The van der Waals surface area contributed by atoms with Crippen LogP contribution in [0, 0.1) is 20.2 Å². The largest absolute Gasteiger partial charge is 0.384 e. The minimum Gasteiger partial charge on any atom is -0.384 e. The molecule has 0 unspecified atom stereocenters. The first-order chi connectivity index (χ1) is 22.5. The maximum Gasteiger partial charge on any atom is 0.363 e. The summed E-state index contributed by atoms with van der Waals surface area (Å²) in [5, 5.41) is 23.8. The molecule has 0 aliphatic carbocycles. The van der Waals surface area contributed by atoms with Gasteiger partial charge in [-0.25, -0.2) is 4.98 Å². The Morgan fingerprint density at radius 3 is 1.40 bits per heavy atom. The van der Waals surface area contributed by atoms with E-state index in [2.05, 4.69) is 81.8 Å². The lowest BCUT2D eigenvalue weighted by molar-refractivity contribution is -0.389. The van der Waals surface area contributed by atoms with Gasteiger partial charge in [0, 0.05) is 90.7 Å². The van der Waals surface area contributed by atoms with Crippen LogP contribution in [0.25, 0.3) is 0 Å². The Hall–Kier alpha value is -4.03. The Labute approximate surface area is 284 Å². The first-order valence-electron chi connectivity index (χ1n) is 15.4. The number of nitro groups is 2. The van der Waals surface area contributed by atoms with E-state index >= 15 is 0 Å². The molecular formula is C30H45BrN12O4. The van der Waals surface area contributed by atoms with Crippen LogP contribution in [0.3, 0.4) is 0 Å². The lowest BCUT2D eigenvalue weighted by Gasteiger charge is -2.33. The van der Waals surface area contributed by atoms with Crippen LogP contribution >= 0.6 is 15.9 Å². The van der Waals surface area contributed by atoms with E-state index in [1.807, 2.05) is 18.3 Å². The highest BCUT2D eigenvalue weighted by Gasteiger charge is 2.17. The van der Waals surface area contributed by atoms with Crippen molar-refractivity contribution in [1.82, 2.24) is 35.0 Å². The fraction of sp³-hybridized carbons (Fsp3) is 0.500. The second kappa shape index (κ2) is 19.6. The summed E-state index contributed by atoms with van der Waals surface area (Å²) in [6, 6.07) is 10.0. The fourth-order valence-corrected chi connectivity index (χ4v) is 4.87. The Morgan fingerprint density at radius 1 is 0.638 bits per heavy atom. The zero-order valence-corrected chi connectivity index (χ0v) is 28.8. The number of pyridine rings is 3. The summed E-state index contributed by atoms with van der Waals surface area (Å²) in [7, 11) is 6.39. The van der Waals surface area contributed by atoms with Gasteiger partial charge in [-0.05, 0) is 81.2 Å². The van der Waals surface area contributed by atoms with E-state index in [0.717, 1.165) is 75.6 Å². The predicted octanol–water partition coefficient (Wildman–Crippen LogP) is 2.43. The van der Waals surface area contributed by atoms with Crippen molar-refractivity contribution in [3.05, 3.63) is 79.7 Å². The number of nitrogen functional groups attached to an aromatic ring is 1. The monoisotopic (exact) mass is 716 g/mol. The van der Waals surface area contributed by atoms with Crippen molar-refractivity contribution in [2.45, 2.75) is 0 Å². The van der Waals surface area contributed by atoms with Gasteiger partial charge >= 0.3 is 11.6 Å². The SMILES string of the molecule is CN1CCN(c2ccc(N)nc2)CC1.CN1CCN(c2ccc([N+](=O)[O-])nc2)CC1.CN1CCNCC1.O=[N+]([O-])c1ccc(Br)cn1. The number of hydrogen-bond acceptors (Lipinski definition) is 14. The molecular weight excluding hydrogens is 672 g/mol. The molecule has 6 heterocycles. The number of halogens is 1. The van der Waals surface area contributed by atoms with Crippen LogP contribution in [0.2, 0.25) is 0 Å². The molecule has 3 aromatic heterocycles. The van der Waals surface area contributed by atoms with E-state index in [1.54, 1.807) is 18.3 Å². The summed E-state index contributed by atoms with van der Waals surface area (Å²) in [6.07, 6.45) is 4.81. The van der Waals surface area contributed by atoms with Crippen LogP contribution in [0.5, 0.6) is 0 Å². The topological polar surface area (TPSA) is 179 Å². The van der Waals surface area contributed by atoms with E-state index in [-0.39, 0.29) is 11.6 Å². The number of nitrogens with one attached hydrogen (secondary N) is 1. The number of anilines is 3. The van der Waals surface area contributed by atoms with E-state index in [9.17, 15) is 20.2 Å². The first kappa shape index (κ1) is 37.4. The lowest BCUT2D eigenvalue weighted by Crippen LogP contribution is -2.44. The van der Waals surface area contributed by atoms with Crippen molar-refractivity contribution in [2.75, 3.05) is 115 Å². The summed E-state index contributed by atoms with van der Waals surface area (Å²) < 4.78 is 0.734.